The first-order chi connectivity index (χ1) is 38.8. The molecule has 2 saturated heterocycles. The van der Waals surface area contributed by atoms with Crippen molar-refractivity contribution in [1.82, 2.24) is 30.3 Å². The quantitative estimate of drug-likeness (QED) is 0.0210. The Balaban J connectivity index is 1.33. The third-order valence-electron chi connectivity index (χ3n) is 12.5. The van der Waals surface area contributed by atoms with Gasteiger partial charge in [-0.1, -0.05) is 11.2 Å². The maximum atomic E-state index is 14.4. The lowest BCUT2D eigenvalue weighted by Crippen LogP contribution is -2.76. The highest BCUT2D eigenvalue weighted by Crippen LogP contribution is 2.38. The SMILES string of the molecule is CC(C)(C)OC(=O)NC[C@@H](C[n+]1cc(-c2ccc3c(c2)CC[C@H]([C@](C)(O/N=C(\C(=O)N[C@@H]2C(=O)N(OS(=O)(=O)O)C2(C)C)c2csc(NC(=O)OC(C)(C)C)n2)C(=O)OC(C)(C)C)O3)cn1CC1CN(C(=O)OC(C)(C)C)C1)OC(=O)C(F)(F)F. The van der Waals surface area contributed by atoms with Crippen molar-refractivity contribution in [2.75, 3.05) is 25.0 Å². The predicted octanol–water partition coefficient (Wildman–Crippen LogP) is 6.17. The molecule has 0 saturated carbocycles. The van der Waals surface area contributed by atoms with Crippen molar-refractivity contribution in [3.8, 4) is 16.9 Å². The van der Waals surface area contributed by atoms with E-state index in [1.165, 1.54) is 35.7 Å². The van der Waals surface area contributed by atoms with Crippen molar-refractivity contribution in [1.29, 1.82) is 0 Å². The van der Waals surface area contributed by atoms with Crippen molar-refractivity contribution in [3.63, 3.8) is 0 Å². The highest BCUT2D eigenvalue weighted by Gasteiger charge is 2.58. The van der Waals surface area contributed by atoms with E-state index >= 15 is 0 Å². The summed E-state index contributed by atoms with van der Waals surface area (Å²) in [6, 6.07) is 3.59. The van der Waals surface area contributed by atoms with Crippen molar-refractivity contribution in [2.45, 2.75) is 188 Å². The van der Waals surface area contributed by atoms with Gasteiger partial charge in [-0.3, -0.25) is 19.5 Å². The van der Waals surface area contributed by atoms with Crippen LogP contribution in [0.25, 0.3) is 11.1 Å². The van der Waals surface area contributed by atoms with Crippen LogP contribution in [-0.2, 0) is 81.9 Å². The molecule has 0 spiro atoms. The minimum absolute atomic E-state index is 0.0476. The second-order valence-corrected chi connectivity index (χ2v) is 26.9. The number of aromatic nitrogens is 3. The van der Waals surface area contributed by atoms with Gasteiger partial charge in [-0.05, 0) is 140 Å². The normalized spacial score (nSPS) is 18.7. The number of ether oxygens (including phenoxy) is 6. The molecule has 4 atom stereocenters. The summed E-state index contributed by atoms with van der Waals surface area (Å²) >= 11 is 0.844. The molecule has 1 aromatic carbocycles. The summed E-state index contributed by atoms with van der Waals surface area (Å²) in [4.78, 5) is 104. The summed E-state index contributed by atoms with van der Waals surface area (Å²) in [7, 11) is -5.16. The maximum Gasteiger partial charge on any atom is 0.490 e. The highest BCUT2D eigenvalue weighted by molar-refractivity contribution is 7.80. The number of nitrogens with zero attached hydrogens (tertiary/aromatic N) is 6. The molecule has 5 heterocycles. The van der Waals surface area contributed by atoms with Crippen molar-refractivity contribution >= 4 is 74.6 Å². The number of hydrogen-bond acceptors (Lipinski definition) is 20. The van der Waals surface area contributed by atoms with Crippen LogP contribution in [-0.4, -0.2) is 158 Å². The van der Waals surface area contributed by atoms with Gasteiger partial charge in [0.15, 0.2) is 23.1 Å². The molecule has 2 fully saturated rings. The number of β-lactam (4-membered cyclic amide) rings is 1. The van der Waals surface area contributed by atoms with E-state index in [1.807, 2.05) is 0 Å². The third kappa shape index (κ3) is 18.1. The van der Waals surface area contributed by atoms with Gasteiger partial charge in [0, 0.05) is 24.4 Å². The maximum absolute atomic E-state index is 14.4. The van der Waals surface area contributed by atoms with Gasteiger partial charge in [0.05, 0.1) is 30.4 Å². The lowest BCUT2D eigenvalue weighted by atomic mass is 9.84. The Morgan fingerprint density at radius 2 is 1.49 bits per heavy atom. The Bertz CT molecular complexity index is 3190. The van der Waals surface area contributed by atoms with E-state index in [4.69, 9.17) is 33.3 Å². The van der Waals surface area contributed by atoms with Crippen molar-refractivity contribution < 1.29 is 102 Å². The lowest BCUT2D eigenvalue weighted by Gasteiger charge is -2.50. The number of aryl methyl sites for hydroxylation is 1. The van der Waals surface area contributed by atoms with Crippen LogP contribution in [0.5, 0.6) is 5.75 Å². The largest absolute Gasteiger partial charge is 0.490 e. The summed E-state index contributed by atoms with van der Waals surface area (Å²) in [6.07, 6.45) is -6.91. The number of nitrogens with one attached hydrogen (secondary N) is 3. The number of hydroxylamine groups is 2. The van der Waals surface area contributed by atoms with Crippen LogP contribution >= 0.6 is 11.3 Å². The van der Waals surface area contributed by atoms with Gasteiger partial charge in [-0.2, -0.15) is 31.3 Å². The number of carbonyl (C=O) groups excluding carboxylic acids is 7. The number of halogens is 3. The molecular weight excluding hydrogens is 1170 g/mol. The molecule has 0 bridgehead atoms. The van der Waals surface area contributed by atoms with Crippen molar-refractivity contribution in [2.24, 2.45) is 11.1 Å². The molecule has 4 N–H and O–H groups in total. The van der Waals surface area contributed by atoms with Gasteiger partial charge in [0.1, 0.15) is 39.9 Å². The zero-order chi connectivity index (χ0) is 63.8. The lowest BCUT2D eigenvalue weighted by molar-refractivity contribution is -0.780. The van der Waals surface area contributed by atoms with Crippen LogP contribution in [0.15, 0.2) is 41.1 Å². The number of fused-ring (bicyclic) bond motifs is 1. The molecule has 5 amide bonds. The number of amides is 5. The Morgan fingerprint density at radius 3 is 2.07 bits per heavy atom. The molecule has 0 aliphatic carbocycles. The van der Waals surface area contributed by atoms with E-state index < -0.39 is 129 Å². The number of hydrogen-bond donors (Lipinski definition) is 4. The number of likely N-dealkylation sites (tertiary alicyclic amines) is 1. The Hall–Kier alpha value is -7.32. The van der Waals surface area contributed by atoms with Crippen LogP contribution in [0.2, 0.25) is 0 Å². The van der Waals surface area contributed by atoms with Crippen LogP contribution < -0.4 is 25.4 Å². The molecule has 3 aliphatic heterocycles. The molecule has 27 nitrogen and oxygen atoms in total. The second kappa shape index (κ2) is 24.6. The summed E-state index contributed by atoms with van der Waals surface area (Å²) in [5.74, 6) is -5.56. The van der Waals surface area contributed by atoms with Crippen LogP contribution in [0.4, 0.5) is 32.7 Å². The van der Waals surface area contributed by atoms with Crippen LogP contribution in [0, 0.1) is 5.92 Å². The van der Waals surface area contributed by atoms with E-state index in [0.717, 1.165) is 11.3 Å². The van der Waals surface area contributed by atoms with Gasteiger partial charge in [0.2, 0.25) is 12.7 Å². The van der Waals surface area contributed by atoms with Crippen LogP contribution in [0.1, 0.15) is 122 Å². The number of rotatable bonds is 18. The predicted molar refractivity (Wildman–Crippen MR) is 294 cm³/mol. The first-order valence-electron chi connectivity index (χ1n) is 26.7. The molecule has 2 aromatic heterocycles. The van der Waals surface area contributed by atoms with E-state index in [0.29, 0.717) is 21.8 Å². The number of alkyl halides is 3. The first-order valence-corrected chi connectivity index (χ1v) is 28.9. The topological polar surface area (TPSA) is 324 Å². The zero-order valence-corrected chi connectivity index (χ0v) is 51.4. The number of thiazole rings is 1. The van der Waals surface area contributed by atoms with E-state index in [9.17, 15) is 59.7 Å². The van der Waals surface area contributed by atoms with Gasteiger partial charge in [-0.15, -0.1) is 20.3 Å². The van der Waals surface area contributed by atoms with Crippen LogP contribution in [0.3, 0.4) is 0 Å². The number of benzene rings is 1. The second-order valence-electron chi connectivity index (χ2n) is 25.1. The standard InChI is InChI=1S/C53H72F3N9O18S2/c1-47(2,3)78-41(68)52(15,82-61-37(34-28-84-43(58-34)60-45(71)80-49(7,8)9)39(66)59-38-40(67)65(51(38,13)14)83-85(73,74)75)36-19-17-31-20-30(16-18-35(31)77-36)32-25-63(24-29-22-62(23-29)46(72)81-50(10,11)12)64(26-32)27-33(76-42(69)53(54,55)56)21-57-44(70)79-48(4,5)6/h16,18,20,25-26,28-29,33,36,38H,17,19,21-24,27H2,1-15H3,(H3-,57,58,59,60,66,70,71,73,74,75)/p+1/b61-37-/t33-,36+,38+,52-/m0/s1. The molecule has 6 rings (SSSR count). The van der Waals surface area contributed by atoms with Gasteiger partial charge in [-0.25, -0.2) is 29.0 Å². The van der Waals surface area contributed by atoms with E-state index in [1.54, 1.807) is 118 Å². The fourth-order valence-corrected chi connectivity index (χ4v) is 9.77. The summed E-state index contributed by atoms with van der Waals surface area (Å²) in [5, 5.41) is 13.0. The fourth-order valence-electron chi connectivity index (χ4n) is 8.63. The monoisotopic (exact) mass is 1240 g/mol. The highest BCUT2D eigenvalue weighted by atomic mass is 32.3. The van der Waals surface area contributed by atoms with E-state index in [-0.39, 0.29) is 55.0 Å². The Morgan fingerprint density at radius 1 is 0.882 bits per heavy atom. The Kier molecular flexibility index (Phi) is 19.3. The fraction of sp³-hybridized carbons (Fsp3) is 0.623. The molecule has 0 unspecified atom stereocenters. The number of esters is 2. The average molecular weight is 1250 g/mol. The minimum atomic E-state index is -5.36. The zero-order valence-electron chi connectivity index (χ0n) is 49.7. The summed E-state index contributed by atoms with van der Waals surface area (Å²) in [6.45, 7) is 23.5. The number of carbonyl (C=O) groups is 7. The molecule has 3 aromatic rings. The first kappa shape index (κ1) is 66.8. The van der Waals surface area contributed by atoms with Gasteiger partial charge >= 0.3 is 46.8 Å². The smallest absolute Gasteiger partial charge is 0.485 e. The number of alkyl carbamates (subject to hydrolysis) is 1. The third-order valence-corrected chi connectivity index (χ3v) is 13.6. The Labute approximate surface area is 493 Å². The van der Waals surface area contributed by atoms with Gasteiger partial charge < -0.3 is 48.8 Å². The number of oxime groups is 1. The van der Waals surface area contributed by atoms with Gasteiger partial charge in [0.25, 0.3) is 17.4 Å². The van der Waals surface area contributed by atoms with Crippen molar-refractivity contribution in [3.05, 3.63) is 47.2 Å². The molecule has 470 valence electrons. The summed E-state index contributed by atoms with van der Waals surface area (Å²) < 4.78 is 114. The van der Waals surface area contributed by atoms with E-state index in [2.05, 4.69) is 30.4 Å². The average Bonchev–Trinajstić information content (AvgIpc) is 1.30. The summed E-state index contributed by atoms with van der Waals surface area (Å²) in [5.41, 5.74) is -6.62. The molecule has 3 aliphatic rings. The molecule has 0 radical (unpaired) electrons. The molecule has 85 heavy (non-hydrogen) atoms. The number of anilines is 1. The minimum Gasteiger partial charge on any atom is -0.485 e. The molecular formula is C53H73F3N9O18S2+. The molecule has 32 heteroatoms.